The Morgan fingerprint density at radius 2 is 2.64 bits per heavy atom. The molecule has 3 heteroatoms. The van der Waals surface area contributed by atoms with Crippen LogP contribution in [-0.2, 0) is 14.3 Å². The molecule has 0 aromatic carbocycles. The number of hydrogen-bond acceptors (Lipinski definition) is 3. The highest BCUT2D eigenvalue weighted by molar-refractivity contribution is 5.67. The number of carbonyl (C=O) groups excluding carboxylic acids is 1. The summed E-state index contributed by atoms with van der Waals surface area (Å²) in [5, 5.41) is 0. The number of ether oxygens (including phenoxy) is 2. The zero-order chi connectivity index (χ0) is 8.16. The molecular weight excluding hydrogens is 144 g/mol. The fraction of sp³-hybridized carbons (Fsp3) is 0.625. The lowest BCUT2D eigenvalue weighted by molar-refractivity contribution is -0.128. The van der Waals surface area contributed by atoms with Crippen molar-refractivity contribution >= 4 is 6.29 Å². The molecular formula is C8H12O3. The molecule has 1 heterocycles. The summed E-state index contributed by atoms with van der Waals surface area (Å²) in [5.74, 6) is 0. The molecule has 11 heavy (non-hydrogen) atoms. The van der Waals surface area contributed by atoms with E-state index in [1.165, 1.54) is 0 Å². The summed E-state index contributed by atoms with van der Waals surface area (Å²) in [5.41, 5.74) is -0.796. The molecule has 1 aliphatic heterocycles. The van der Waals surface area contributed by atoms with Gasteiger partial charge in [0.05, 0.1) is 13.2 Å². The summed E-state index contributed by atoms with van der Waals surface area (Å²) in [4.78, 5) is 10.6. The SMILES string of the molecule is CCOCC1(C=O)C=CCO1. The van der Waals surface area contributed by atoms with Crippen LogP contribution in [0.5, 0.6) is 0 Å². The quantitative estimate of drug-likeness (QED) is 0.440. The van der Waals surface area contributed by atoms with E-state index >= 15 is 0 Å². The summed E-state index contributed by atoms with van der Waals surface area (Å²) < 4.78 is 10.3. The van der Waals surface area contributed by atoms with Crippen LogP contribution in [0.1, 0.15) is 6.92 Å². The van der Waals surface area contributed by atoms with Crippen molar-refractivity contribution in [2.45, 2.75) is 12.5 Å². The van der Waals surface area contributed by atoms with Gasteiger partial charge in [-0.1, -0.05) is 6.08 Å². The molecule has 1 atom stereocenters. The van der Waals surface area contributed by atoms with Gasteiger partial charge in [-0.2, -0.15) is 0 Å². The maximum Gasteiger partial charge on any atom is 0.165 e. The van der Waals surface area contributed by atoms with Crippen LogP contribution in [0.4, 0.5) is 0 Å². The van der Waals surface area contributed by atoms with Gasteiger partial charge in [-0.15, -0.1) is 0 Å². The van der Waals surface area contributed by atoms with Crippen molar-refractivity contribution in [1.29, 1.82) is 0 Å². The van der Waals surface area contributed by atoms with Gasteiger partial charge in [0.25, 0.3) is 0 Å². The first-order valence-electron chi connectivity index (χ1n) is 3.69. The third-order valence-electron chi connectivity index (χ3n) is 1.58. The van der Waals surface area contributed by atoms with E-state index in [0.717, 1.165) is 6.29 Å². The van der Waals surface area contributed by atoms with E-state index in [2.05, 4.69) is 0 Å². The Kier molecular flexibility index (Phi) is 2.79. The minimum atomic E-state index is -0.796. The zero-order valence-corrected chi connectivity index (χ0v) is 6.58. The average Bonchev–Trinajstić information content (AvgIpc) is 2.50. The van der Waals surface area contributed by atoms with E-state index < -0.39 is 5.60 Å². The van der Waals surface area contributed by atoms with Gasteiger partial charge < -0.3 is 9.47 Å². The van der Waals surface area contributed by atoms with Crippen molar-refractivity contribution in [2.75, 3.05) is 19.8 Å². The molecule has 0 radical (unpaired) electrons. The lowest BCUT2D eigenvalue weighted by Crippen LogP contribution is -2.34. The Morgan fingerprint density at radius 3 is 3.09 bits per heavy atom. The molecule has 0 saturated heterocycles. The summed E-state index contributed by atoms with van der Waals surface area (Å²) >= 11 is 0. The molecule has 0 spiro atoms. The van der Waals surface area contributed by atoms with Crippen molar-refractivity contribution in [3.05, 3.63) is 12.2 Å². The maximum absolute atomic E-state index is 10.6. The number of hydrogen-bond donors (Lipinski definition) is 0. The summed E-state index contributed by atoms with van der Waals surface area (Å²) in [6, 6.07) is 0. The Hall–Kier alpha value is -0.670. The van der Waals surface area contributed by atoms with E-state index in [1.54, 1.807) is 6.08 Å². The van der Waals surface area contributed by atoms with Gasteiger partial charge >= 0.3 is 0 Å². The smallest absolute Gasteiger partial charge is 0.165 e. The molecule has 0 amide bonds. The van der Waals surface area contributed by atoms with Crippen LogP contribution in [0.3, 0.4) is 0 Å². The van der Waals surface area contributed by atoms with Crippen molar-refractivity contribution in [3.63, 3.8) is 0 Å². The highest BCUT2D eigenvalue weighted by Gasteiger charge is 2.30. The van der Waals surface area contributed by atoms with Gasteiger partial charge in [0.2, 0.25) is 0 Å². The van der Waals surface area contributed by atoms with E-state index in [4.69, 9.17) is 9.47 Å². The Balaban J connectivity index is 2.46. The van der Waals surface area contributed by atoms with Crippen LogP contribution in [-0.4, -0.2) is 31.7 Å². The highest BCUT2D eigenvalue weighted by Crippen LogP contribution is 2.16. The molecule has 0 fully saturated rings. The molecule has 0 aromatic heterocycles. The van der Waals surface area contributed by atoms with Crippen LogP contribution in [0, 0.1) is 0 Å². The fourth-order valence-electron chi connectivity index (χ4n) is 0.958. The minimum absolute atomic E-state index is 0.323. The van der Waals surface area contributed by atoms with Crippen LogP contribution >= 0.6 is 0 Å². The topological polar surface area (TPSA) is 35.5 Å². The fourth-order valence-corrected chi connectivity index (χ4v) is 0.958. The molecule has 1 aliphatic rings. The lowest BCUT2D eigenvalue weighted by atomic mass is 10.1. The predicted molar refractivity (Wildman–Crippen MR) is 40.4 cm³/mol. The lowest BCUT2D eigenvalue weighted by Gasteiger charge is -2.19. The van der Waals surface area contributed by atoms with Gasteiger partial charge in [-0.25, -0.2) is 0 Å². The summed E-state index contributed by atoms with van der Waals surface area (Å²) in [7, 11) is 0. The Bertz CT molecular complexity index is 165. The molecule has 0 aromatic rings. The second-order valence-electron chi connectivity index (χ2n) is 2.42. The average molecular weight is 156 g/mol. The van der Waals surface area contributed by atoms with Crippen molar-refractivity contribution in [2.24, 2.45) is 0 Å². The summed E-state index contributed by atoms with van der Waals surface area (Å²) in [6.45, 7) is 3.32. The Labute approximate surface area is 66.0 Å². The molecule has 62 valence electrons. The Morgan fingerprint density at radius 1 is 1.82 bits per heavy atom. The second-order valence-corrected chi connectivity index (χ2v) is 2.42. The number of carbonyl (C=O) groups is 1. The molecule has 1 unspecified atom stereocenters. The first kappa shape index (κ1) is 8.43. The van der Waals surface area contributed by atoms with Gasteiger partial charge in [0.1, 0.15) is 0 Å². The number of rotatable bonds is 4. The zero-order valence-electron chi connectivity index (χ0n) is 6.58. The highest BCUT2D eigenvalue weighted by atomic mass is 16.5. The van der Waals surface area contributed by atoms with Crippen LogP contribution < -0.4 is 0 Å². The molecule has 0 N–H and O–H groups in total. The van der Waals surface area contributed by atoms with Gasteiger partial charge in [-0.05, 0) is 13.0 Å². The monoisotopic (exact) mass is 156 g/mol. The van der Waals surface area contributed by atoms with Crippen LogP contribution in [0.15, 0.2) is 12.2 Å². The largest absolute Gasteiger partial charge is 0.378 e. The molecule has 3 nitrogen and oxygen atoms in total. The molecule has 0 saturated carbocycles. The van der Waals surface area contributed by atoms with E-state index in [0.29, 0.717) is 19.8 Å². The molecule has 0 bridgehead atoms. The second kappa shape index (κ2) is 3.64. The maximum atomic E-state index is 10.6. The van der Waals surface area contributed by atoms with Gasteiger partial charge in [-0.3, -0.25) is 4.79 Å². The van der Waals surface area contributed by atoms with E-state index in [-0.39, 0.29) is 0 Å². The van der Waals surface area contributed by atoms with Crippen molar-refractivity contribution < 1.29 is 14.3 Å². The van der Waals surface area contributed by atoms with Gasteiger partial charge in [0.15, 0.2) is 11.9 Å². The first-order chi connectivity index (χ1) is 5.33. The molecule has 0 aliphatic carbocycles. The minimum Gasteiger partial charge on any atom is -0.378 e. The summed E-state index contributed by atoms with van der Waals surface area (Å²) in [6.07, 6.45) is 4.36. The predicted octanol–water partition coefficient (Wildman–Crippen LogP) is 0.547. The molecule has 1 rings (SSSR count). The third-order valence-corrected chi connectivity index (χ3v) is 1.58. The van der Waals surface area contributed by atoms with Gasteiger partial charge in [0, 0.05) is 6.61 Å². The van der Waals surface area contributed by atoms with Crippen molar-refractivity contribution in [3.8, 4) is 0 Å². The standard InChI is InChI=1S/C8H12O3/c1-2-10-7-8(6-9)4-3-5-11-8/h3-4,6H,2,5,7H2,1H3. The van der Waals surface area contributed by atoms with Crippen molar-refractivity contribution in [1.82, 2.24) is 0 Å². The van der Waals surface area contributed by atoms with Crippen LogP contribution in [0.2, 0.25) is 0 Å². The van der Waals surface area contributed by atoms with Crippen LogP contribution in [0.25, 0.3) is 0 Å². The number of aldehydes is 1. The first-order valence-corrected chi connectivity index (χ1v) is 3.69. The normalized spacial score (nSPS) is 29.2. The van der Waals surface area contributed by atoms with E-state index in [1.807, 2.05) is 13.0 Å². The van der Waals surface area contributed by atoms with E-state index in [9.17, 15) is 4.79 Å². The third kappa shape index (κ3) is 1.88.